The van der Waals surface area contributed by atoms with Crippen LogP contribution in [0.1, 0.15) is 12.5 Å². The summed E-state index contributed by atoms with van der Waals surface area (Å²) in [6.45, 7) is 11.5. The van der Waals surface area contributed by atoms with Crippen molar-refractivity contribution in [3.8, 4) is 5.75 Å². The number of benzene rings is 1. The van der Waals surface area contributed by atoms with Gasteiger partial charge < -0.3 is 19.7 Å². The van der Waals surface area contributed by atoms with Crippen LogP contribution in [0.25, 0.3) is 0 Å². The number of hydrogen-bond acceptors (Lipinski definition) is 4. The quantitative estimate of drug-likeness (QED) is 0.611. The summed E-state index contributed by atoms with van der Waals surface area (Å²) < 4.78 is 11.2. The first-order valence-corrected chi connectivity index (χ1v) is 7.25. The summed E-state index contributed by atoms with van der Waals surface area (Å²) >= 11 is 0. The number of rotatable bonds is 7. The lowest BCUT2D eigenvalue weighted by atomic mass is 10.1. The van der Waals surface area contributed by atoms with E-state index in [1.54, 1.807) is 0 Å². The summed E-state index contributed by atoms with van der Waals surface area (Å²) in [6, 6.07) is 6.44. The fourth-order valence-corrected chi connectivity index (χ4v) is 2.32. The molecule has 1 saturated heterocycles. The van der Waals surface area contributed by atoms with Gasteiger partial charge in [-0.2, -0.15) is 0 Å². The van der Waals surface area contributed by atoms with Crippen LogP contribution in [0.2, 0.25) is 0 Å². The summed E-state index contributed by atoms with van der Waals surface area (Å²) in [5.74, 6) is 0.965. The molecule has 1 fully saturated rings. The van der Waals surface area contributed by atoms with Crippen LogP contribution in [0.5, 0.6) is 5.75 Å². The van der Waals surface area contributed by atoms with Crippen molar-refractivity contribution < 1.29 is 9.47 Å². The van der Waals surface area contributed by atoms with E-state index in [0.717, 1.165) is 45.1 Å². The van der Waals surface area contributed by atoms with Gasteiger partial charge in [-0.05, 0) is 24.6 Å². The Morgan fingerprint density at radius 2 is 2.20 bits per heavy atom. The first-order chi connectivity index (χ1) is 9.85. The highest BCUT2D eigenvalue weighted by molar-refractivity contribution is 5.60. The van der Waals surface area contributed by atoms with E-state index < -0.39 is 0 Å². The van der Waals surface area contributed by atoms with Crippen LogP contribution < -0.4 is 15.0 Å². The maximum atomic E-state index is 5.81. The van der Waals surface area contributed by atoms with Gasteiger partial charge in [0.05, 0.1) is 25.5 Å². The van der Waals surface area contributed by atoms with Gasteiger partial charge in [-0.3, -0.25) is 0 Å². The van der Waals surface area contributed by atoms with Gasteiger partial charge in [0.2, 0.25) is 0 Å². The highest BCUT2D eigenvalue weighted by Crippen LogP contribution is 2.30. The van der Waals surface area contributed by atoms with Crippen LogP contribution in [0.4, 0.5) is 5.69 Å². The lowest BCUT2D eigenvalue weighted by Crippen LogP contribution is -2.36. The summed E-state index contributed by atoms with van der Waals surface area (Å²) in [5, 5.41) is 3.31. The van der Waals surface area contributed by atoms with Gasteiger partial charge in [-0.1, -0.05) is 12.1 Å². The molecule has 0 radical (unpaired) electrons. The molecule has 0 atom stereocenters. The highest BCUT2D eigenvalue weighted by Gasteiger charge is 2.15. The summed E-state index contributed by atoms with van der Waals surface area (Å²) in [5.41, 5.74) is 2.40. The van der Waals surface area contributed by atoms with Crippen molar-refractivity contribution in [3.63, 3.8) is 0 Å². The Morgan fingerprint density at radius 1 is 1.40 bits per heavy atom. The largest absolute Gasteiger partial charge is 0.492 e. The zero-order valence-corrected chi connectivity index (χ0v) is 12.2. The Morgan fingerprint density at radius 3 is 2.90 bits per heavy atom. The van der Waals surface area contributed by atoms with Crippen LogP contribution in [0, 0.1) is 0 Å². The summed E-state index contributed by atoms with van der Waals surface area (Å²) in [6.07, 6.45) is 1.87. The molecule has 1 aromatic carbocycles. The van der Waals surface area contributed by atoms with E-state index in [0.29, 0.717) is 6.61 Å². The molecule has 0 saturated carbocycles. The lowest BCUT2D eigenvalue weighted by molar-refractivity contribution is 0.122. The van der Waals surface area contributed by atoms with Crippen LogP contribution in [0.15, 0.2) is 30.9 Å². The molecule has 1 N–H and O–H groups in total. The molecular formula is C16H24N2O2. The van der Waals surface area contributed by atoms with Crippen molar-refractivity contribution in [2.45, 2.75) is 13.5 Å². The summed E-state index contributed by atoms with van der Waals surface area (Å²) in [7, 11) is 0. The first-order valence-electron chi connectivity index (χ1n) is 7.25. The van der Waals surface area contributed by atoms with Crippen molar-refractivity contribution in [1.29, 1.82) is 0 Å². The number of nitrogens with one attached hydrogen (secondary N) is 1. The monoisotopic (exact) mass is 276 g/mol. The van der Waals surface area contributed by atoms with Crippen molar-refractivity contribution in [2.24, 2.45) is 0 Å². The molecule has 0 unspecified atom stereocenters. The van der Waals surface area contributed by atoms with E-state index in [4.69, 9.17) is 9.47 Å². The number of hydrogen-bond donors (Lipinski definition) is 1. The molecule has 20 heavy (non-hydrogen) atoms. The molecule has 0 aliphatic carbocycles. The minimum Gasteiger partial charge on any atom is -0.492 e. The topological polar surface area (TPSA) is 33.7 Å². The Labute approximate surface area is 121 Å². The van der Waals surface area contributed by atoms with Crippen LogP contribution in [-0.2, 0) is 11.3 Å². The standard InChI is InChI=1S/C16H24N2O2/c1-3-7-17-13-14-5-6-15(16(12-14)20-4-2)18-8-10-19-11-9-18/h3,5-6,12,17H,1,4,7-11,13H2,2H3. The van der Waals surface area contributed by atoms with Gasteiger partial charge in [0.25, 0.3) is 0 Å². The Bertz CT molecular complexity index is 428. The Balaban J connectivity index is 2.11. The smallest absolute Gasteiger partial charge is 0.142 e. The second-order valence-electron chi connectivity index (χ2n) is 4.75. The van der Waals surface area contributed by atoms with Crippen molar-refractivity contribution >= 4 is 5.69 Å². The molecule has 0 aromatic heterocycles. The molecule has 1 heterocycles. The molecule has 4 nitrogen and oxygen atoms in total. The van der Waals surface area contributed by atoms with Crippen LogP contribution in [-0.4, -0.2) is 39.5 Å². The molecule has 0 amide bonds. The zero-order valence-electron chi connectivity index (χ0n) is 12.2. The molecule has 1 aromatic rings. The SMILES string of the molecule is C=CCNCc1ccc(N2CCOCC2)c(OCC)c1. The maximum Gasteiger partial charge on any atom is 0.142 e. The fraction of sp³-hybridized carbons (Fsp3) is 0.500. The minimum atomic E-state index is 0.681. The van der Waals surface area contributed by atoms with E-state index >= 15 is 0 Å². The van der Waals surface area contributed by atoms with E-state index in [1.807, 2.05) is 13.0 Å². The Hall–Kier alpha value is -1.52. The van der Waals surface area contributed by atoms with Crippen molar-refractivity contribution in [1.82, 2.24) is 5.32 Å². The Kier molecular flexibility index (Phi) is 5.89. The molecule has 2 rings (SSSR count). The lowest BCUT2D eigenvalue weighted by Gasteiger charge is -2.30. The van der Waals surface area contributed by atoms with E-state index in [9.17, 15) is 0 Å². The normalized spacial score (nSPS) is 15.2. The molecule has 1 aliphatic heterocycles. The molecule has 4 heteroatoms. The minimum absolute atomic E-state index is 0.681. The predicted molar refractivity (Wildman–Crippen MR) is 82.5 cm³/mol. The van der Waals surface area contributed by atoms with Gasteiger partial charge in [-0.25, -0.2) is 0 Å². The van der Waals surface area contributed by atoms with Crippen LogP contribution in [0.3, 0.4) is 0 Å². The number of morpholine rings is 1. The van der Waals surface area contributed by atoms with E-state index in [-0.39, 0.29) is 0 Å². The van der Waals surface area contributed by atoms with E-state index in [2.05, 4.69) is 35.0 Å². The highest BCUT2D eigenvalue weighted by atomic mass is 16.5. The van der Waals surface area contributed by atoms with Crippen molar-refractivity contribution in [2.75, 3.05) is 44.4 Å². The molecular weight excluding hydrogens is 252 g/mol. The number of ether oxygens (including phenoxy) is 2. The maximum absolute atomic E-state index is 5.81. The molecule has 0 spiro atoms. The third-order valence-electron chi connectivity index (χ3n) is 3.29. The van der Waals surface area contributed by atoms with Gasteiger partial charge in [0.15, 0.2) is 0 Å². The second kappa shape index (κ2) is 7.92. The number of nitrogens with zero attached hydrogens (tertiary/aromatic N) is 1. The average Bonchev–Trinajstić information content (AvgIpc) is 2.49. The van der Waals surface area contributed by atoms with Gasteiger partial charge in [0.1, 0.15) is 5.75 Å². The number of anilines is 1. The zero-order chi connectivity index (χ0) is 14.2. The van der Waals surface area contributed by atoms with E-state index in [1.165, 1.54) is 11.3 Å². The van der Waals surface area contributed by atoms with Gasteiger partial charge in [-0.15, -0.1) is 6.58 Å². The predicted octanol–water partition coefficient (Wildman–Crippen LogP) is 2.20. The van der Waals surface area contributed by atoms with Gasteiger partial charge in [0, 0.05) is 26.2 Å². The van der Waals surface area contributed by atoms with Crippen molar-refractivity contribution in [3.05, 3.63) is 36.4 Å². The molecule has 1 aliphatic rings. The summed E-state index contributed by atoms with van der Waals surface area (Å²) in [4.78, 5) is 2.33. The molecule has 110 valence electrons. The second-order valence-corrected chi connectivity index (χ2v) is 4.75. The van der Waals surface area contributed by atoms with Gasteiger partial charge >= 0.3 is 0 Å². The first kappa shape index (κ1) is 14.9. The van der Waals surface area contributed by atoms with Crippen LogP contribution >= 0.6 is 0 Å². The third-order valence-corrected chi connectivity index (χ3v) is 3.29. The molecule has 0 bridgehead atoms. The average molecular weight is 276 g/mol. The fourth-order valence-electron chi connectivity index (χ4n) is 2.32. The third kappa shape index (κ3) is 3.99.